The number of fused-ring (bicyclic) bond motifs is 1. The molecule has 0 atom stereocenters. The minimum absolute atomic E-state index is 0.0954. The maximum Gasteiger partial charge on any atom is 0.258 e. The first kappa shape index (κ1) is 14.9. The van der Waals surface area contributed by atoms with E-state index in [0.29, 0.717) is 11.5 Å². The number of pyridine rings is 1. The maximum atomic E-state index is 12.3. The Morgan fingerprint density at radius 1 is 1.25 bits per heavy atom. The SMILES string of the molecule is COc1ccc(C=C2C(=O)Nc3cccnc32)cc1C1CCCC1. The van der Waals surface area contributed by atoms with Gasteiger partial charge in [-0.1, -0.05) is 18.9 Å². The van der Waals surface area contributed by atoms with Crippen LogP contribution in [0.25, 0.3) is 11.6 Å². The largest absolute Gasteiger partial charge is 0.496 e. The molecule has 1 saturated carbocycles. The molecule has 1 N–H and O–H groups in total. The molecule has 0 saturated heterocycles. The quantitative estimate of drug-likeness (QED) is 0.861. The number of nitrogens with zero attached hydrogens (tertiary/aromatic N) is 1. The zero-order valence-corrected chi connectivity index (χ0v) is 13.7. The van der Waals surface area contributed by atoms with Crippen LogP contribution in [-0.4, -0.2) is 18.0 Å². The molecule has 4 nitrogen and oxygen atoms in total. The standard InChI is InChI=1S/C20H20N2O2/c1-24-18-9-8-13(11-15(18)14-5-2-3-6-14)12-16-19-17(22-20(16)23)7-4-10-21-19/h4,7-12,14H,2-3,5-6H2,1H3,(H,22,23). The Bertz CT molecular complexity index is 820. The van der Waals surface area contributed by atoms with E-state index in [4.69, 9.17) is 4.74 Å². The fourth-order valence-electron chi connectivity index (χ4n) is 3.72. The molecule has 0 radical (unpaired) electrons. The van der Waals surface area contributed by atoms with Gasteiger partial charge in [-0.05, 0) is 60.2 Å². The summed E-state index contributed by atoms with van der Waals surface area (Å²) in [4.78, 5) is 16.6. The highest BCUT2D eigenvalue weighted by molar-refractivity contribution is 6.34. The fraction of sp³-hybridized carbons (Fsp3) is 0.300. The van der Waals surface area contributed by atoms with Crippen LogP contribution >= 0.6 is 0 Å². The molecule has 0 unspecified atom stereocenters. The molecule has 4 rings (SSSR count). The third kappa shape index (κ3) is 2.58. The number of aromatic nitrogens is 1. The van der Waals surface area contributed by atoms with Gasteiger partial charge in [0.15, 0.2) is 0 Å². The van der Waals surface area contributed by atoms with Gasteiger partial charge >= 0.3 is 0 Å². The normalized spacial score (nSPS) is 18.7. The summed E-state index contributed by atoms with van der Waals surface area (Å²) >= 11 is 0. The fourth-order valence-corrected chi connectivity index (χ4v) is 3.72. The highest BCUT2D eigenvalue weighted by Crippen LogP contribution is 2.40. The lowest BCUT2D eigenvalue weighted by atomic mass is 9.94. The minimum atomic E-state index is -0.0954. The molecule has 2 aromatic rings. The lowest BCUT2D eigenvalue weighted by molar-refractivity contribution is -0.110. The predicted molar refractivity (Wildman–Crippen MR) is 94.9 cm³/mol. The summed E-state index contributed by atoms with van der Waals surface area (Å²) in [7, 11) is 1.72. The lowest BCUT2D eigenvalue weighted by Gasteiger charge is -2.15. The van der Waals surface area contributed by atoms with Crippen LogP contribution < -0.4 is 10.1 Å². The second-order valence-electron chi connectivity index (χ2n) is 6.39. The molecule has 1 amide bonds. The van der Waals surface area contributed by atoms with Crippen molar-refractivity contribution in [3.05, 3.63) is 53.3 Å². The molecule has 0 spiro atoms. The van der Waals surface area contributed by atoms with Gasteiger partial charge in [-0.2, -0.15) is 0 Å². The van der Waals surface area contributed by atoms with Gasteiger partial charge < -0.3 is 10.1 Å². The Morgan fingerprint density at radius 2 is 2.08 bits per heavy atom. The van der Waals surface area contributed by atoms with Crippen LogP contribution in [0.3, 0.4) is 0 Å². The Hall–Kier alpha value is -2.62. The van der Waals surface area contributed by atoms with Crippen molar-refractivity contribution >= 4 is 23.2 Å². The highest BCUT2D eigenvalue weighted by Gasteiger charge is 2.25. The van der Waals surface area contributed by atoms with E-state index in [2.05, 4.69) is 16.4 Å². The average Bonchev–Trinajstić information content (AvgIpc) is 3.24. The first-order valence-electron chi connectivity index (χ1n) is 8.42. The van der Waals surface area contributed by atoms with E-state index in [-0.39, 0.29) is 5.91 Å². The third-order valence-corrected chi connectivity index (χ3v) is 4.92. The van der Waals surface area contributed by atoms with E-state index in [0.717, 1.165) is 22.7 Å². The Labute approximate surface area is 141 Å². The molecule has 1 aromatic carbocycles. The topological polar surface area (TPSA) is 51.2 Å². The predicted octanol–water partition coefficient (Wildman–Crippen LogP) is 4.24. The second kappa shape index (κ2) is 6.11. The zero-order chi connectivity index (χ0) is 16.5. The molecule has 1 fully saturated rings. The van der Waals surface area contributed by atoms with Gasteiger partial charge in [-0.15, -0.1) is 0 Å². The molecule has 2 heterocycles. The van der Waals surface area contributed by atoms with Crippen molar-refractivity contribution in [2.75, 3.05) is 12.4 Å². The molecule has 24 heavy (non-hydrogen) atoms. The summed E-state index contributed by atoms with van der Waals surface area (Å²) in [6.07, 6.45) is 8.61. The average molecular weight is 320 g/mol. The van der Waals surface area contributed by atoms with Crippen LogP contribution in [0.4, 0.5) is 5.69 Å². The van der Waals surface area contributed by atoms with Crippen molar-refractivity contribution in [1.82, 2.24) is 4.98 Å². The van der Waals surface area contributed by atoms with Crippen molar-refractivity contribution in [2.45, 2.75) is 31.6 Å². The molecule has 1 aromatic heterocycles. The monoisotopic (exact) mass is 320 g/mol. The summed E-state index contributed by atoms with van der Waals surface area (Å²) < 4.78 is 5.55. The van der Waals surface area contributed by atoms with Crippen molar-refractivity contribution in [2.24, 2.45) is 0 Å². The van der Waals surface area contributed by atoms with E-state index in [9.17, 15) is 4.79 Å². The molecule has 4 heteroatoms. The summed E-state index contributed by atoms with van der Waals surface area (Å²) in [5, 5.41) is 2.87. The minimum Gasteiger partial charge on any atom is -0.496 e. The van der Waals surface area contributed by atoms with Gasteiger partial charge in [0, 0.05) is 6.20 Å². The molecule has 0 bridgehead atoms. The van der Waals surface area contributed by atoms with E-state index in [1.807, 2.05) is 30.3 Å². The van der Waals surface area contributed by atoms with Gasteiger partial charge in [-0.25, -0.2) is 0 Å². The van der Waals surface area contributed by atoms with Crippen molar-refractivity contribution in [3.8, 4) is 5.75 Å². The van der Waals surface area contributed by atoms with Gasteiger partial charge in [0.05, 0.1) is 24.1 Å². The number of amides is 1. The summed E-state index contributed by atoms with van der Waals surface area (Å²) in [6, 6.07) is 9.87. The number of nitrogens with one attached hydrogen (secondary N) is 1. The van der Waals surface area contributed by atoms with E-state index >= 15 is 0 Å². The number of rotatable bonds is 3. The maximum absolute atomic E-state index is 12.3. The number of carbonyl (C=O) groups is 1. The lowest BCUT2D eigenvalue weighted by Crippen LogP contribution is -2.03. The number of hydrogen-bond donors (Lipinski definition) is 1. The number of ether oxygens (including phenoxy) is 1. The molecule has 1 aliphatic heterocycles. The van der Waals surface area contributed by atoms with Crippen molar-refractivity contribution in [1.29, 1.82) is 0 Å². The number of carbonyl (C=O) groups excluding carboxylic acids is 1. The molecular weight excluding hydrogens is 300 g/mol. The van der Waals surface area contributed by atoms with Crippen LogP contribution in [0, 0.1) is 0 Å². The molecular formula is C20H20N2O2. The number of anilines is 1. The third-order valence-electron chi connectivity index (χ3n) is 4.92. The van der Waals surface area contributed by atoms with Gasteiger partial charge in [0.25, 0.3) is 5.91 Å². The number of benzene rings is 1. The zero-order valence-electron chi connectivity index (χ0n) is 13.7. The number of methoxy groups -OCH3 is 1. The van der Waals surface area contributed by atoms with Crippen molar-refractivity contribution < 1.29 is 9.53 Å². The molecule has 1 aliphatic carbocycles. The van der Waals surface area contributed by atoms with E-state index < -0.39 is 0 Å². The smallest absolute Gasteiger partial charge is 0.258 e. The van der Waals surface area contributed by atoms with Crippen LogP contribution in [0.1, 0.15) is 48.4 Å². The van der Waals surface area contributed by atoms with E-state index in [1.54, 1.807) is 13.3 Å². The Kier molecular flexibility index (Phi) is 3.81. The Morgan fingerprint density at radius 3 is 2.88 bits per heavy atom. The molecule has 122 valence electrons. The second-order valence-corrected chi connectivity index (χ2v) is 6.39. The highest BCUT2D eigenvalue weighted by atomic mass is 16.5. The van der Waals surface area contributed by atoms with Gasteiger partial charge in [0.1, 0.15) is 5.75 Å². The molecule has 2 aliphatic rings. The first-order chi connectivity index (χ1) is 11.8. The Balaban J connectivity index is 1.75. The first-order valence-corrected chi connectivity index (χ1v) is 8.42. The van der Waals surface area contributed by atoms with Crippen LogP contribution in [0.5, 0.6) is 5.75 Å². The summed E-state index contributed by atoms with van der Waals surface area (Å²) in [6.45, 7) is 0. The summed E-state index contributed by atoms with van der Waals surface area (Å²) in [5.41, 5.74) is 4.39. The van der Waals surface area contributed by atoms with Crippen LogP contribution in [-0.2, 0) is 4.79 Å². The van der Waals surface area contributed by atoms with E-state index in [1.165, 1.54) is 31.2 Å². The van der Waals surface area contributed by atoms with Gasteiger partial charge in [0.2, 0.25) is 0 Å². The number of hydrogen-bond acceptors (Lipinski definition) is 3. The van der Waals surface area contributed by atoms with Crippen LogP contribution in [0.2, 0.25) is 0 Å². The summed E-state index contributed by atoms with van der Waals surface area (Å²) in [5.74, 6) is 1.40. The van der Waals surface area contributed by atoms with Crippen LogP contribution in [0.15, 0.2) is 36.5 Å². The van der Waals surface area contributed by atoms with Gasteiger partial charge in [-0.3, -0.25) is 9.78 Å². The van der Waals surface area contributed by atoms with Crippen molar-refractivity contribution in [3.63, 3.8) is 0 Å².